The molecule has 0 radical (unpaired) electrons. The molecule has 0 N–H and O–H groups in total. The molecule has 0 amide bonds. The van der Waals surface area contributed by atoms with E-state index in [9.17, 15) is 0 Å². The third kappa shape index (κ3) is 4.80. The van der Waals surface area contributed by atoms with Gasteiger partial charge in [0.2, 0.25) is 0 Å². The van der Waals surface area contributed by atoms with E-state index in [-0.39, 0.29) is 0 Å². The molecule has 0 atom stereocenters. The van der Waals surface area contributed by atoms with Crippen LogP contribution in [0.1, 0.15) is 0 Å². The number of nitrogens with zero attached hydrogens (tertiary/aromatic N) is 2. The third-order valence-corrected chi connectivity index (χ3v) is 10.8. The largest absolute Gasteiger partial charge is 0.456 e. The lowest BCUT2D eigenvalue weighted by Crippen LogP contribution is -1.96. The van der Waals surface area contributed by atoms with Crippen molar-refractivity contribution in [3.8, 4) is 56.2 Å². The van der Waals surface area contributed by atoms with Gasteiger partial charge in [0.25, 0.3) is 0 Å². The average Bonchev–Trinajstić information content (AvgIpc) is 3.77. The van der Waals surface area contributed by atoms with Gasteiger partial charge in [-0.25, -0.2) is 9.97 Å². The van der Waals surface area contributed by atoms with E-state index in [4.69, 9.17) is 14.4 Å². The molecule has 0 saturated carbocycles. The second kappa shape index (κ2) is 11.7. The minimum atomic E-state index is 0.683. The maximum atomic E-state index is 6.40. The number of hydrogen-bond donors (Lipinski definition) is 0. The molecule has 0 bridgehead atoms. The molecule has 50 heavy (non-hydrogen) atoms. The summed E-state index contributed by atoms with van der Waals surface area (Å²) in [6.07, 6.45) is 0. The van der Waals surface area contributed by atoms with Crippen LogP contribution in [-0.4, -0.2) is 9.97 Å². The first kappa shape index (κ1) is 28.6. The number of thiophene rings is 1. The van der Waals surface area contributed by atoms with E-state index in [0.29, 0.717) is 5.82 Å². The van der Waals surface area contributed by atoms with Crippen molar-refractivity contribution >= 4 is 53.4 Å². The van der Waals surface area contributed by atoms with Crippen LogP contribution < -0.4 is 0 Å². The maximum absolute atomic E-state index is 6.40. The van der Waals surface area contributed by atoms with Crippen LogP contribution in [0.2, 0.25) is 0 Å². The first-order valence-corrected chi connectivity index (χ1v) is 17.6. The van der Waals surface area contributed by atoms with Crippen LogP contribution in [0.5, 0.6) is 0 Å². The van der Waals surface area contributed by atoms with Gasteiger partial charge in [0.05, 0.1) is 11.4 Å². The van der Waals surface area contributed by atoms with Crippen molar-refractivity contribution < 1.29 is 4.42 Å². The molecule has 0 aliphatic heterocycles. The average molecular weight is 657 g/mol. The zero-order valence-corrected chi connectivity index (χ0v) is 27.7. The molecule has 3 aromatic heterocycles. The summed E-state index contributed by atoms with van der Waals surface area (Å²) < 4.78 is 9.01. The van der Waals surface area contributed by atoms with Gasteiger partial charge >= 0.3 is 0 Å². The predicted octanol–water partition coefficient (Wildman–Crippen LogP) is 13.1. The summed E-state index contributed by atoms with van der Waals surface area (Å²) >= 11 is 1.85. The molecule has 3 heterocycles. The lowest BCUT2D eigenvalue weighted by Gasteiger charge is -2.11. The molecular weight excluding hydrogens is 629 g/mol. The Labute approximate surface area is 292 Å². The summed E-state index contributed by atoms with van der Waals surface area (Å²) in [5.74, 6) is 0.683. The van der Waals surface area contributed by atoms with E-state index in [1.165, 1.54) is 36.9 Å². The molecule has 0 unspecified atom stereocenters. The van der Waals surface area contributed by atoms with Crippen LogP contribution in [-0.2, 0) is 0 Å². The predicted molar refractivity (Wildman–Crippen MR) is 209 cm³/mol. The summed E-state index contributed by atoms with van der Waals surface area (Å²) in [5, 5.41) is 4.72. The lowest BCUT2D eigenvalue weighted by atomic mass is 9.98. The zero-order chi connectivity index (χ0) is 33.0. The SMILES string of the molecule is c1ccc(-c2ccc3oc4cccc(-c5cc(-c6ccccc6)nc(-c6ccc(-c7cccc8c7sc7ccccc78)cc6)n5)c4c3c2)cc1. The van der Waals surface area contributed by atoms with Crippen LogP contribution in [0.4, 0.5) is 0 Å². The Balaban J connectivity index is 1.13. The highest BCUT2D eigenvalue weighted by Gasteiger charge is 2.18. The number of rotatable bonds is 5. The Morgan fingerprint density at radius 1 is 0.400 bits per heavy atom. The van der Waals surface area contributed by atoms with Gasteiger partial charge in [-0.1, -0.05) is 140 Å². The molecule has 0 fully saturated rings. The molecule has 10 rings (SSSR count). The molecule has 0 aliphatic rings. The number of hydrogen-bond acceptors (Lipinski definition) is 4. The van der Waals surface area contributed by atoms with Gasteiger partial charge in [0, 0.05) is 47.6 Å². The molecule has 0 spiro atoms. The van der Waals surface area contributed by atoms with Gasteiger partial charge in [-0.3, -0.25) is 0 Å². The molecule has 0 aliphatic carbocycles. The van der Waals surface area contributed by atoms with Crippen LogP contribution >= 0.6 is 11.3 Å². The minimum Gasteiger partial charge on any atom is -0.456 e. The number of fused-ring (bicyclic) bond motifs is 6. The van der Waals surface area contributed by atoms with E-state index < -0.39 is 0 Å². The quantitative estimate of drug-likeness (QED) is 0.185. The second-order valence-corrected chi connectivity index (χ2v) is 13.6. The van der Waals surface area contributed by atoms with Crippen molar-refractivity contribution in [3.05, 3.63) is 170 Å². The highest BCUT2D eigenvalue weighted by Crippen LogP contribution is 2.41. The number of benzene rings is 7. The molecule has 4 heteroatoms. The van der Waals surface area contributed by atoms with Gasteiger partial charge in [0.1, 0.15) is 11.2 Å². The van der Waals surface area contributed by atoms with E-state index in [1.807, 2.05) is 35.6 Å². The zero-order valence-electron chi connectivity index (χ0n) is 26.9. The van der Waals surface area contributed by atoms with E-state index in [1.54, 1.807) is 0 Å². The second-order valence-electron chi connectivity index (χ2n) is 12.5. The Morgan fingerprint density at radius 3 is 1.90 bits per heavy atom. The minimum absolute atomic E-state index is 0.683. The first-order valence-electron chi connectivity index (χ1n) is 16.7. The summed E-state index contributed by atoms with van der Waals surface area (Å²) in [5.41, 5.74) is 11.2. The van der Waals surface area contributed by atoms with Gasteiger partial charge in [0.15, 0.2) is 5.82 Å². The van der Waals surface area contributed by atoms with Crippen LogP contribution in [0.3, 0.4) is 0 Å². The van der Waals surface area contributed by atoms with Crippen molar-refractivity contribution in [2.75, 3.05) is 0 Å². The van der Waals surface area contributed by atoms with Crippen molar-refractivity contribution in [1.29, 1.82) is 0 Å². The first-order chi connectivity index (χ1) is 24.8. The fourth-order valence-electron chi connectivity index (χ4n) is 7.09. The van der Waals surface area contributed by atoms with E-state index in [0.717, 1.165) is 55.6 Å². The fourth-order valence-corrected chi connectivity index (χ4v) is 8.33. The molecule has 3 nitrogen and oxygen atoms in total. The van der Waals surface area contributed by atoms with Crippen LogP contribution in [0.15, 0.2) is 174 Å². The molecule has 0 saturated heterocycles. The Bertz CT molecular complexity index is 2850. The van der Waals surface area contributed by atoms with Crippen LogP contribution in [0.25, 0.3) is 98.3 Å². The van der Waals surface area contributed by atoms with E-state index in [2.05, 4.69) is 146 Å². The smallest absolute Gasteiger partial charge is 0.160 e. The summed E-state index contributed by atoms with van der Waals surface area (Å²) in [4.78, 5) is 10.4. The van der Waals surface area contributed by atoms with Crippen molar-refractivity contribution in [2.45, 2.75) is 0 Å². The molecule has 7 aromatic carbocycles. The maximum Gasteiger partial charge on any atom is 0.160 e. The summed E-state index contributed by atoms with van der Waals surface area (Å²) in [6, 6.07) is 59.5. The summed E-state index contributed by atoms with van der Waals surface area (Å²) in [7, 11) is 0. The Morgan fingerprint density at radius 2 is 1.06 bits per heavy atom. The molecule has 10 aromatic rings. The van der Waals surface area contributed by atoms with Gasteiger partial charge < -0.3 is 4.42 Å². The summed E-state index contributed by atoms with van der Waals surface area (Å²) in [6.45, 7) is 0. The van der Waals surface area contributed by atoms with Gasteiger partial charge in [-0.05, 0) is 52.6 Å². The van der Waals surface area contributed by atoms with Crippen molar-refractivity contribution in [3.63, 3.8) is 0 Å². The monoisotopic (exact) mass is 656 g/mol. The topological polar surface area (TPSA) is 38.9 Å². The molecule has 234 valence electrons. The highest BCUT2D eigenvalue weighted by molar-refractivity contribution is 7.26. The Hall–Kier alpha value is -6.36. The van der Waals surface area contributed by atoms with Crippen molar-refractivity contribution in [2.24, 2.45) is 0 Å². The standard InChI is InChI=1S/C46H28N2OS/c1-3-11-29(12-4-1)33-25-26-41-38(27-33)44-37(18-10-19-42(44)49-41)40-28-39(31-13-5-2-6-14-31)47-46(48-40)32-23-21-30(22-24-32)34-16-9-17-36-35-15-7-8-20-43(35)50-45(34)36/h1-28H. The number of furan rings is 1. The molecular formula is C46H28N2OS. The lowest BCUT2D eigenvalue weighted by molar-refractivity contribution is 0.669. The Kier molecular flexibility index (Phi) is 6.68. The van der Waals surface area contributed by atoms with Gasteiger partial charge in [-0.15, -0.1) is 11.3 Å². The normalized spacial score (nSPS) is 11.6. The number of aromatic nitrogens is 2. The highest BCUT2D eigenvalue weighted by atomic mass is 32.1. The third-order valence-electron chi connectivity index (χ3n) is 9.53. The van der Waals surface area contributed by atoms with Crippen LogP contribution in [0, 0.1) is 0 Å². The van der Waals surface area contributed by atoms with Gasteiger partial charge in [-0.2, -0.15) is 0 Å². The van der Waals surface area contributed by atoms with Crippen molar-refractivity contribution in [1.82, 2.24) is 9.97 Å². The van der Waals surface area contributed by atoms with E-state index >= 15 is 0 Å². The fraction of sp³-hybridized carbons (Fsp3) is 0.